The number of hydrogen-bond donors (Lipinski definition) is 0. The van der Waals surface area contributed by atoms with E-state index in [9.17, 15) is 4.79 Å². The van der Waals surface area contributed by atoms with Gasteiger partial charge in [0.05, 0.1) is 12.7 Å². The summed E-state index contributed by atoms with van der Waals surface area (Å²) in [4.78, 5) is 14.4. The third-order valence-corrected chi connectivity index (χ3v) is 4.46. The Bertz CT molecular complexity index is 483. The Morgan fingerprint density at radius 1 is 1.40 bits per heavy atom. The zero-order valence-corrected chi connectivity index (χ0v) is 13.2. The summed E-state index contributed by atoms with van der Waals surface area (Å²) in [6.45, 7) is 3.50. The van der Waals surface area contributed by atoms with E-state index in [0.717, 1.165) is 25.9 Å². The van der Waals surface area contributed by atoms with Crippen LogP contribution in [0.25, 0.3) is 0 Å². The van der Waals surface area contributed by atoms with Crippen LogP contribution >= 0.6 is 23.2 Å². The van der Waals surface area contributed by atoms with Gasteiger partial charge >= 0.3 is 0 Å². The maximum absolute atomic E-state index is 12.5. The van der Waals surface area contributed by atoms with Gasteiger partial charge in [0.25, 0.3) is 5.91 Å². The molecule has 2 rings (SSSR count). The van der Waals surface area contributed by atoms with Crippen LogP contribution in [0, 0.1) is 5.92 Å². The fraction of sp³-hybridized carbons (Fsp3) is 0.533. The molecule has 1 saturated heterocycles. The van der Waals surface area contributed by atoms with Crippen molar-refractivity contribution in [2.45, 2.75) is 25.1 Å². The number of carbonyl (C=O) groups excluding carboxylic acids is 1. The molecule has 0 aliphatic carbocycles. The summed E-state index contributed by atoms with van der Waals surface area (Å²) >= 11 is 12.0. The van der Waals surface area contributed by atoms with Crippen molar-refractivity contribution < 1.29 is 9.53 Å². The zero-order valence-electron chi connectivity index (χ0n) is 11.7. The Hall–Kier alpha value is -0.930. The quantitative estimate of drug-likeness (QED) is 0.793. The Kier molecular flexibility index (Phi) is 5.17. The van der Waals surface area contributed by atoms with Crippen molar-refractivity contribution in [2.75, 3.05) is 20.2 Å². The highest BCUT2D eigenvalue weighted by Gasteiger charge is 2.27. The second kappa shape index (κ2) is 6.68. The molecule has 1 aromatic carbocycles. The van der Waals surface area contributed by atoms with Gasteiger partial charge in [0.2, 0.25) is 0 Å². The van der Waals surface area contributed by atoms with E-state index in [2.05, 4.69) is 0 Å². The van der Waals surface area contributed by atoms with Crippen molar-refractivity contribution >= 4 is 29.1 Å². The summed E-state index contributed by atoms with van der Waals surface area (Å²) in [6, 6.07) is 5.10. The van der Waals surface area contributed by atoms with Crippen LogP contribution in [-0.2, 0) is 0 Å². The minimum atomic E-state index is -0.000748. The van der Waals surface area contributed by atoms with Gasteiger partial charge in [-0.25, -0.2) is 0 Å². The number of halogens is 2. The highest BCUT2D eigenvalue weighted by molar-refractivity contribution is 6.30. The van der Waals surface area contributed by atoms with Gasteiger partial charge in [0.1, 0.15) is 5.75 Å². The summed E-state index contributed by atoms with van der Waals surface area (Å²) in [5.41, 5.74) is 0.564. The van der Waals surface area contributed by atoms with E-state index in [-0.39, 0.29) is 11.3 Å². The number of methoxy groups -OCH3 is 1. The van der Waals surface area contributed by atoms with Crippen LogP contribution in [0.15, 0.2) is 18.2 Å². The third kappa shape index (κ3) is 3.39. The van der Waals surface area contributed by atoms with Crippen LogP contribution in [0.5, 0.6) is 5.75 Å². The van der Waals surface area contributed by atoms with Gasteiger partial charge in [0.15, 0.2) is 0 Å². The van der Waals surface area contributed by atoms with Crippen molar-refractivity contribution in [3.05, 3.63) is 28.8 Å². The highest BCUT2D eigenvalue weighted by atomic mass is 35.5. The lowest BCUT2D eigenvalue weighted by molar-refractivity contribution is 0.0686. The Morgan fingerprint density at radius 2 is 2.05 bits per heavy atom. The fourth-order valence-electron chi connectivity index (χ4n) is 2.57. The number of benzene rings is 1. The number of ether oxygens (including phenoxy) is 1. The molecule has 1 aliphatic heterocycles. The molecule has 0 N–H and O–H groups in total. The molecule has 1 aliphatic rings. The van der Waals surface area contributed by atoms with Gasteiger partial charge in [0, 0.05) is 23.5 Å². The van der Waals surface area contributed by atoms with Gasteiger partial charge in [-0.3, -0.25) is 4.79 Å². The largest absolute Gasteiger partial charge is 0.496 e. The SMILES string of the molecule is COc1cc(Cl)ccc1C(=O)N1CCC(C(C)Cl)CC1. The van der Waals surface area contributed by atoms with E-state index in [4.69, 9.17) is 27.9 Å². The van der Waals surface area contributed by atoms with Crippen molar-refractivity contribution in [2.24, 2.45) is 5.92 Å². The first-order valence-electron chi connectivity index (χ1n) is 6.79. The molecule has 3 nitrogen and oxygen atoms in total. The van der Waals surface area contributed by atoms with E-state index in [1.165, 1.54) is 0 Å². The van der Waals surface area contributed by atoms with E-state index in [0.29, 0.717) is 22.3 Å². The number of hydrogen-bond acceptors (Lipinski definition) is 2. The van der Waals surface area contributed by atoms with Crippen LogP contribution < -0.4 is 4.74 Å². The van der Waals surface area contributed by atoms with Gasteiger partial charge in [-0.05, 0) is 43.9 Å². The molecular weight excluding hydrogens is 297 g/mol. The molecule has 5 heteroatoms. The average Bonchev–Trinajstić information content (AvgIpc) is 2.46. The Labute approximate surface area is 129 Å². The van der Waals surface area contributed by atoms with E-state index in [1.54, 1.807) is 25.3 Å². The smallest absolute Gasteiger partial charge is 0.257 e. The number of carbonyl (C=O) groups is 1. The minimum Gasteiger partial charge on any atom is -0.496 e. The molecule has 1 atom stereocenters. The molecule has 1 unspecified atom stereocenters. The Morgan fingerprint density at radius 3 is 2.60 bits per heavy atom. The molecule has 0 bridgehead atoms. The summed E-state index contributed by atoms with van der Waals surface area (Å²) in [5.74, 6) is 1.02. The topological polar surface area (TPSA) is 29.5 Å². The number of alkyl halides is 1. The summed E-state index contributed by atoms with van der Waals surface area (Å²) in [6.07, 6.45) is 1.90. The van der Waals surface area contributed by atoms with Crippen LogP contribution in [0.3, 0.4) is 0 Å². The standard InChI is InChI=1S/C15H19Cl2NO2/c1-10(16)11-5-7-18(8-6-11)15(19)13-4-3-12(17)9-14(13)20-2/h3-4,9-11H,5-8H2,1-2H3. The predicted octanol–water partition coefficient (Wildman–Crippen LogP) is 3.83. The van der Waals surface area contributed by atoms with Crippen molar-refractivity contribution in [1.82, 2.24) is 4.90 Å². The molecule has 1 heterocycles. The summed E-state index contributed by atoms with van der Waals surface area (Å²) < 4.78 is 5.24. The van der Waals surface area contributed by atoms with E-state index in [1.807, 2.05) is 11.8 Å². The molecule has 0 spiro atoms. The predicted molar refractivity (Wildman–Crippen MR) is 81.9 cm³/mol. The Balaban J connectivity index is 2.09. The van der Waals surface area contributed by atoms with Gasteiger partial charge in [-0.2, -0.15) is 0 Å². The molecule has 20 heavy (non-hydrogen) atoms. The molecule has 110 valence electrons. The lowest BCUT2D eigenvalue weighted by Crippen LogP contribution is -2.40. The van der Waals surface area contributed by atoms with E-state index >= 15 is 0 Å². The molecule has 0 aromatic heterocycles. The van der Waals surface area contributed by atoms with Gasteiger partial charge in [-0.1, -0.05) is 11.6 Å². The maximum Gasteiger partial charge on any atom is 0.257 e. The molecule has 0 saturated carbocycles. The number of piperidine rings is 1. The number of rotatable bonds is 3. The van der Waals surface area contributed by atoms with Crippen LogP contribution in [0.4, 0.5) is 0 Å². The summed E-state index contributed by atoms with van der Waals surface area (Å²) in [5, 5.41) is 0.727. The lowest BCUT2D eigenvalue weighted by Gasteiger charge is -2.33. The van der Waals surface area contributed by atoms with Crippen molar-refractivity contribution in [1.29, 1.82) is 0 Å². The highest BCUT2D eigenvalue weighted by Crippen LogP contribution is 2.28. The lowest BCUT2D eigenvalue weighted by atomic mass is 9.93. The fourth-order valence-corrected chi connectivity index (χ4v) is 2.99. The zero-order chi connectivity index (χ0) is 14.7. The van der Waals surface area contributed by atoms with Crippen LogP contribution in [0.1, 0.15) is 30.1 Å². The first-order chi connectivity index (χ1) is 9.52. The van der Waals surface area contributed by atoms with Crippen molar-refractivity contribution in [3.63, 3.8) is 0 Å². The normalized spacial score (nSPS) is 17.9. The molecule has 1 aromatic rings. The monoisotopic (exact) mass is 315 g/mol. The van der Waals surface area contributed by atoms with Crippen molar-refractivity contribution in [3.8, 4) is 5.75 Å². The minimum absolute atomic E-state index is 0.000748. The maximum atomic E-state index is 12.5. The second-order valence-electron chi connectivity index (χ2n) is 5.15. The average molecular weight is 316 g/mol. The number of likely N-dealkylation sites (tertiary alicyclic amines) is 1. The molecule has 1 amide bonds. The molecule has 0 radical (unpaired) electrons. The van der Waals surface area contributed by atoms with Gasteiger partial charge < -0.3 is 9.64 Å². The summed E-state index contributed by atoms with van der Waals surface area (Å²) in [7, 11) is 1.55. The number of amides is 1. The van der Waals surface area contributed by atoms with Gasteiger partial charge in [-0.15, -0.1) is 11.6 Å². The van der Waals surface area contributed by atoms with Crippen LogP contribution in [-0.4, -0.2) is 36.4 Å². The first-order valence-corrected chi connectivity index (χ1v) is 7.61. The molecule has 1 fully saturated rings. The van der Waals surface area contributed by atoms with Crippen LogP contribution in [0.2, 0.25) is 5.02 Å². The van der Waals surface area contributed by atoms with E-state index < -0.39 is 0 Å². The third-order valence-electron chi connectivity index (χ3n) is 3.87. The first kappa shape index (κ1) is 15.5. The number of nitrogens with zero attached hydrogens (tertiary/aromatic N) is 1. The molecular formula is C15H19Cl2NO2. The second-order valence-corrected chi connectivity index (χ2v) is 6.28.